The van der Waals surface area contributed by atoms with Crippen LogP contribution in [0.3, 0.4) is 0 Å². The van der Waals surface area contributed by atoms with Crippen molar-refractivity contribution >= 4 is 23.1 Å². The van der Waals surface area contributed by atoms with Gasteiger partial charge in [-0.15, -0.1) is 0 Å². The number of non-ortho nitro benzene ring substituents is 1. The van der Waals surface area contributed by atoms with Crippen molar-refractivity contribution in [3.8, 4) is 6.07 Å². The van der Waals surface area contributed by atoms with Crippen LogP contribution in [-0.4, -0.2) is 28.5 Å². The summed E-state index contributed by atoms with van der Waals surface area (Å²) < 4.78 is 0. The van der Waals surface area contributed by atoms with Crippen LogP contribution in [0.5, 0.6) is 0 Å². The Morgan fingerprint density at radius 3 is 2.89 bits per heavy atom. The number of nitro benzene ring substituents is 1. The lowest BCUT2D eigenvalue weighted by atomic mass is 10.1. The highest BCUT2D eigenvalue weighted by Crippen LogP contribution is 2.32. The zero-order chi connectivity index (χ0) is 14.0. The molecule has 1 heterocycles. The fourth-order valence-corrected chi connectivity index (χ4v) is 3.35. The Hall–Kier alpha value is -1.74. The quantitative estimate of drug-likeness (QED) is 0.614. The van der Waals surface area contributed by atoms with Crippen LogP contribution in [-0.2, 0) is 0 Å². The van der Waals surface area contributed by atoms with Crippen molar-refractivity contribution in [3.63, 3.8) is 0 Å². The highest BCUT2D eigenvalue weighted by atomic mass is 32.2. The van der Waals surface area contributed by atoms with Gasteiger partial charge in [-0.25, -0.2) is 0 Å². The summed E-state index contributed by atoms with van der Waals surface area (Å²) in [4.78, 5) is 12.5. The van der Waals surface area contributed by atoms with E-state index in [1.807, 2.05) is 11.8 Å². The highest BCUT2D eigenvalue weighted by Gasteiger charge is 2.27. The lowest BCUT2D eigenvalue weighted by Crippen LogP contribution is -2.45. The Kier molecular flexibility index (Phi) is 3.96. The third-order valence-electron chi connectivity index (χ3n) is 3.50. The Balaban J connectivity index is 2.39. The van der Waals surface area contributed by atoms with Gasteiger partial charge in [0.25, 0.3) is 5.69 Å². The summed E-state index contributed by atoms with van der Waals surface area (Å²) in [5, 5.41) is 20.4. The van der Waals surface area contributed by atoms with E-state index in [0.717, 1.165) is 18.0 Å². The van der Waals surface area contributed by atoms with Crippen molar-refractivity contribution < 1.29 is 4.92 Å². The average Bonchev–Trinajstić information content (AvgIpc) is 2.41. The molecule has 0 N–H and O–H groups in total. The van der Waals surface area contributed by atoms with E-state index in [-0.39, 0.29) is 5.69 Å². The zero-order valence-electron chi connectivity index (χ0n) is 10.9. The molecule has 19 heavy (non-hydrogen) atoms. The third-order valence-corrected chi connectivity index (χ3v) is 4.84. The number of nitrogens with zero attached hydrogens (tertiary/aromatic N) is 3. The van der Waals surface area contributed by atoms with Crippen molar-refractivity contribution in [2.45, 2.75) is 25.1 Å². The van der Waals surface area contributed by atoms with Crippen molar-refractivity contribution in [3.05, 3.63) is 33.9 Å². The maximum Gasteiger partial charge on any atom is 0.270 e. The maximum absolute atomic E-state index is 10.8. The van der Waals surface area contributed by atoms with E-state index >= 15 is 0 Å². The molecule has 0 aromatic heterocycles. The van der Waals surface area contributed by atoms with Gasteiger partial charge in [-0.2, -0.15) is 17.0 Å². The van der Waals surface area contributed by atoms with E-state index in [1.54, 1.807) is 6.07 Å². The van der Waals surface area contributed by atoms with Gasteiger partial charge in [0.2, 0.25) is 0 Å². The van der Waals surface area contributed by atoms with Gasteiger partial charge in [-0.3, -0.25) is 10.1 Å². The summed E-state index contributed by atoms with van der Waals surface area (Å²) in [5.74, 6) is 1.01. The van der Waals surface area contributed by atoms with Gasteiger partial charge < -0.3 is 4.90 Å². The average molecular weight is 277 g/mol. The largest absolute Gasteiger partial charge is 0.366 e. The minimum Gasteiger partial charge on any atom is -0.366 e. The SMILES string of the molecule is CC1SCCN(c2ccc([N+](=O)[O-])cc2C#N)C1C. The molecule has 0 bridgehead atoms. The fourth-order valence-electron chi connectivity index (χ4n) is 2.25. The van der Waals surface area contributed by atoms with E-state index in [2.05, 4.69) is 24.8 Å². The summed E-state index contributed by atoms with van der Waals surface area (Å²) in [6, 6.07) is 6.90. The maximum atomic E-state index is 10.8. The minimum absolute atomic E-state index is 0.0348. The number of rotatable bonds is 2. The van der Waals surface area contributed by atoms with Gasteiger partial charge in [-0.1, -0.05) is 6.92 Å². The van der Waals surface area contributed by atoms with Crippen LogP contribution in [0, 0.1) is 21.4 Å². The molecule has 1 saturated heterocycles. The first-order valence-electron chi connectivity index (χ1n) is 6.11. The molecule has 2 atom stereocenters. The predicted molar refractivity (Wildman–Crippen MR) is 76.5 cm³/mol. The van der Waals surface area contributed by atoms with E-state index in [0.29, 0.717) is 16.9 Å². The summed E-state index contributed by atoms with van der Waals surface area (Å²) in [7, 11) is 0. The molecule has 2 rings (SSSR count). The van der Waals surface area contributed by atoms with E-state index in [1.165, 1.54) is 12.1 Å². The molecule has 2 unspecified atom stereocenters. The summed E-state index contributed by atoms with van der Waals surface area (Å²) in [6.07, 6.45) is 0. The number of nitro groups is 1. The molecular formula is C13H15N3O2S. The van der Waals surface area contributed by atoms with Gasteiger partial charge >= 0.3 is 0 Å². The normalized spacial score (nSPS) is 22.9. The Morgan fingerprint density at radius 1 is 1.53 bits per heavy atom. The Bertz CT molecular complexity index is 541. The molecule has 1 aromatic rings. The number of hydrogen-bond donors (Lipinski definition) is 0. The zero-order valence-corrected chi connectivity index (χ0v) is 11.7. The second kappa shape index (κ2) is 5.49. The minimum atomic E-state index is -0.470. The Labute approximate surface area is 116 Å². The number of nitriles is 1. The number of benzene rings is 1. The molecule has 1 aromatic carbocycles. The lowest BCUT2D eigenvalue weighted by molar-refractivity contribution is -0.384. The highest BCUT2D eigenvalue weighted by molar-refractivity contribution is 8.00. The van der Waals surface area contributed by atoms with Crippen LogP contribution < -0.4 is 4.90 Å². The molecule has 0 aliphatic carbocycles. The molecule has 1 aliphatic heterocycles. The van der Waals surface area contributed by atoms with Crippen LogP contribution in [0.4, 0.5) is 11.4 Å². The fraction of sp³-hybridized carbons (Fsp3) is 0.462. The molecule has 0 saturated carbocycles. The van der Waals surface area contributed by atoms with E-state index < -0.39 is 4.92 Å². The molecule has 0 radical (unpaired) electrons. The van der Waals surface area contributed by atoms with Gasteiger partial charge in [0.15, 0.2) is 0 Å². The summed E-state index contributed by atoms with van der Waals surface area (Å²) in [5.41, 5.74) is 1.14. The standard InChI is InChI=1S/C13H15N3O2S/c1-9-10(2)19-6-5-15(9)13-4-3-12(16(17)18)7-11(13)8-14/h3-4,7,9-10H,5-6H2,1-2H3. The van der Waals surface area contributed by atoms with Gasteiger partial charge in [0.05, 0.1) is 16.2 Å². The first kappa shape index (κ1) is 13.7. The van der Waals surface area contributed by atoms with E-state index in [9.17, 15) is 15.4 Å². The van der Waals surface area contributed by atoms with Crippen molar-refractivity contribution in [1.29, 1.82) is 5.26 Å². The van der Waals surface area contributed by atoms with Crippen molar-refractivity contribution in [2.75, 3.05) is 17.2 Å². The molecule has 1 fully saturated rings. The third kappa shape index (κ3) is 2.66. The summed E-state index contributed by atoms with van der Waals surface area (Å²) in [6.45, 7) is 5.15. The van der Waals surface area contributed by atoms with E-state index in [4.69, 9.17) is 0 Å². The number of anilines is 1. The van der Waals surface area contributed by atoms with Crippen molar-refractivity contribution in [2.24, 2.45) is 0 Å². The molecule has 5 nitrogen and oxygen atoms in total. The molecule has 100 valence electrons. The first-order valence-corrected chi connectivity index (χ1v) is 7.16. The van der Waals surface area contributed by atoms with Crippen LogP contribution in [0.25, 0.3) is 0 Å². The smallest absolute Gasteiger partial charge is 0.270 e. The second-order valence-corrected chi connectivity index (χ2v) is 6.07. The summed E-state index contributed by atoms with van der Waals surface area (Å²) >= 11 is 1.91. The molecule has 1 aliphatic rings. The van der Waals surface area contributed by atoms with Crippen molar-refractivity contribution in [1.82, 2.24) is 0 Å². The van der Waals surface area contributed by atoms with Crippen LogP contribution in [0.2, 0.25) is 0 Å². The topological polar surface area (TPSA) is 70.2 Å². The monoisotopic (exact) mass is 277 g/mol. The predicted octanol–water partition coefficient (Wildman–Crippen LogP) is 2.80. The molecular weight excluding hydrogens is 262 g/mol. The molecule has 0 spiro atoms. The van der Waals surface area contributed by atoms with Crippen LogP contribution in [0.15, 0.2) is 18.2 Å². The molecule has 0 amide bonds. The van der Waals surface area contributed by atoms with Crippen LogP contribution in [0.1, 0.15) is 19.4 Å². The van der Waals surface area contributed by atoms with Gasteiger partial charge in [-0.05, 0) is 13.0 Å². The Morgan fingerprint density at radius 2 is 2.26 bits per heavy atom. The second-order valence-electron chi connectivity index (χ2n) is 4.58. The molecule has 6 heteroatoms. The van der Waals surface area contributed by atoms with Gasteiger partial charge in [0, 0.05) is 35.7 Å². The number of thioether (sulfide) groups is 1. The number of hydrogen-bond acceptors (Lipinski definition) is 5. The van der Waals surface area contributed by atoms with Gasteiger partial charge in [0.1, 0.15) is 6.07 Å². The first-order chi connectivity index (χ1) is 9.04. The van der Waals surface area contributed by atoms with Crippen LogP contribution >= 0.6 is 11.8 Å². The lowest BCUT2D eigenvalue weighted by Gasteiger charge is -2.39.